The molecule has 0 fully saturated rings. The van der Waals surface area contributed by atoms with Gasteiger partial charge in [0.1, 0.15) is 11.6 Å². The molecule has 3 heteroatoms. The lowest BCUT2D eigenvalue weighted by molar-refractivity contribution is 0.415. The van der Waals surface area contributed by atoms with Crippen molar-refractivity contribution in [3.63, 3.8) is 0 Å². The molecule has 0 aliphatic heterocycles. The molecule has 3 aromatic rings. The summed E-state index contributed by atoms with van der Waals surface area (Å²) in [6.45, 7) is 0. The van der Waals surface area contributed by atoms with Gasteiger partial charge in [0.05, 0.1) is 7.11 Å². The summed E-state index contributed by atoms with van der Waals surface area (Å²) in [4.78, 5) is 3.27. The van der Waals surface area contributed by atoms with Crippen molar-refractivity contribution in [1.82, 2.24) is 4.98 Å². The number of fused-ring (bicyclic) bond motifs is 1. The van der Waals surface area contributed by atoms with Gasteiger partial charge in [-0.3, -0.25) is 0 Å². The van der Waals surface area contributed by atoms with E-state index >= 15 is 0 Å². The van der Waals surface area contributed by atoms with Crippen LogP contribution < -0.4 is 4.74 Å². The van der Waals surface area contributed by atoms with Crippen LogP contribution in [0.1, 0.15) is 0 Å². The van der Waals surface area contributed by atoms with Crippen LogP contribution in [0, 0.1) is 5.82 Å². The van der Waals surface area contributed by atoms with Gasteiger partial charge >= 0.3 is 0 Å². The van der Waals surface area contributed by atoms with Crippen LogP contribution in [0.4, 0.5) is 4.39 Å². The van der Waals surface area contributed by atoms with Crippen molar-refractivity contribution in [2.24, 2.45) is 0 Å². The smallest absolute Gasteiger partial charge is 0.123 e. The summed E-state index contributed by atoms with van der Waals surface area (Å²) in [5.41, 5.74) is 2.75. The fourth-order valence-electron chi connectivity index (χ4n) is 2.05. The fraction of sp³-hybridized carbons (Fsp3) is 0.0667. The van der Waals surface area contributed by atoms with Crippen molar-refractivity contribution in [3.8, 4) is 17.0 Å². The number of H-pyrrole nitrogens is 1. The van der Waals surface area contributed by atoms with Crippen LogP contribution in [0.3, 0.4) is 0 Å². The molecular formula is C15H12FNO. The zero-order chi connectivity index (χ0) is 12.5. The first-order valence-electron chi connectivity index (χ1n) is 5.69. The van der Waals surface area contributed by atoms with Crippen LogP contribution in [0.2, 0.25) is 0 Å². The van der Waals surface area contributed by atoms with Gasteiger partial charge < -0.3 is 9.72 Å². The van der Waals surface area contributed by atoms with Crippen molar-refractivity contribution < 1.29 is 9.13 Å². The lowest BCUT2D eigenvalue weighted by Crippen LogP contribution is -1.80. The molecule has 3 rings (SSSR count). The third kappa shape index (κ3) is 1.84. The van der Waals surface area contributed by atoms with Gasteiger partial charge in [0.2, 0.25) is 0 Å². The van der Waals surface area contributed by atoms with E-state index in [-0.39, 0.29) is 5.82 Å². The highest BCUT2D eigenvalue weighted by atomic mass is 19.1. The summed E-state index contributed by atoms with van der Waals surface area (Å²) in [5.74, 6) is 0.580. The third-order valence-electron chi connectivity index (χ3n) is 2.96. The van der Waals surface area contributed by atoms with Crippen LogP contribution in [-0.4, -0.2) is 12.1 Å². The maximum absolute atomic E-state index is 13.2. The van der Waals surface area contributed by atoms with Crippen molar-refractivity contribution in [3.05, 3.63) is 54.3 Å². The number of methoxy groups -OCH3 is 1. The molecule has 0 radical (unpaired) electrons. The topological polar surface area (TPSA) is 25.0 Å². The number of aromatic amines is 1. The molecule has 1 aromatic heterocycles. The number of benzene rings is 2. The largest absolute Gasteiger partial charge is 0.497 e. The number of hydrogen-bond donors (Lipinski definition) is 1. The van der Waals surface area contributed by atoms with E-state index < -0.39 is 0 Å². The van der Waals surface area contributed by atoms with E-state index in [0.29, 0.717) is 0 Å². The SMILES string of the molecule is COc1ccc2[nH]c(-c3cccc(F)c3)cc2c1. The first kappa shape index (κ1) is 10.8. The highest BCUT2D eigenvalue weighted by Gasteiger charge is 2.05. The number of rotatable bonds is 2. The lowest BCUT2D eigenvalue weighted by atomic mass is 10.1. The zero-order valence-electron chi connectivity index (χ0n) is 9.91. The molecule has 2 aromatic carbocycles. The molecule has 0 amide bonds. The van der Waals surface area contributed by atoms with E-state index in [1.54, 1.807) is 13.2 Å². The van der Waals surface area contributed by atoms with E-state index in [4.69, 9.17) is 4.74 Å². The molecule has 0 aliphatic carbocycles. The minimum Gasteiger partial charge on any atom is -0.497 e. The van der Waals surface area contributed by atoms with Gasteiger partial charge in [-0.25, -0.2) is 4.39 Å². The van der Waals surface area contributed by atoms with Crippen molar-refractivity contribution in [1.29, 1.82) is 0 Å². The zero-order valence-corrected chi connectivity index (χ0v) is 9.91. The molecule has 0 saturated heterocycles. The molecular weight excluding hydrogens is 229 g/mol. The Morgan fingerprint density at radius 3 is 2.72 bits per heavy atom. The van der Waals surface area contributed by atoms with Gasteiger partial charge in [0, 0.05) is 22.2 Å². The number of halogens is 1. The molecule has 1 N–H and O–H groups in total. The Hall–Kier alpha value is -2.29. The first-order valence-corrected chi connectivity index (χ1v) is 5.69. The van der Waals surface area contributed by atoms with Gasteiger partial charge in [-0.1, -0.05) is 12.1 Å². The van der Waals surface area contributed by atoms with Gasteiger partial charge in [0.25, 0.3) is 0 Å². The average Bonchev–Trinajstić information content (AvgIpc) is 2.81. The van der Waals surface area contributed by atoms with Gasteiger partial charge in [-0.2, -0.15) is 0 Å². The Morgan fingerprint density at radius 2 is 1.94 bits per heavy atom. The Morgan fingerprint density at radius 1 is 1.06 bits per heavy atom. The Labute approximate surface area is 104 Å². The van der Waals surface area contributed by atoms with Crippen LogP contribution in [0.25, 0.3) is 22.2 Å². The number of nitrogens with one attached hydrogen (secondary N) is 1. The second-order valence-corrected chi connectivity index (χ2v) is 4.15. The molecule has 18 heavy (non-hydrogen) atoms. The van der Waals surface area contributed by atoms with E-state index in [1.165, 1.54) is 12.1 Å². The summed E-state index contributed by atoms with van der Waals surface area (Å²) in [6, 6.07) is 14.3. The minimum atomic E-state index is -0.233. The molecule has 0 saturated carbocycles. The lowest BCUT2D eigenvalue weighted by Gasteiger charge is -1.97. The van der Waals surface area contributed by atoms with Gasteiger partial charge in [-0.15, -0.1) is 0 Å². The third-order valence-corrected chi connectivity index (χ3v) is 2.96. The molecule has 0 bridgehead atoms. The summed E-state index contributed by atoms with van der Waals surface area (Å²) in [7, 11) is 1.64. The highest BCUT2D eigenvalue weighted by Crippen LogP contribution is 2.27. The first-order chi connectivity index (χ1) is 8.76. The molecule has 2 nitrogen and oxygen atoms in total. The standard InChI is InChI=1S/C15H12FNO/c1-18-13-5-6-14-11(8-13)9-15(17-14)10-3-2-4-12(16)7-10/h2-9,17H,1H3. The van der Waals surface area contributed by atoms with Crippen molar-refractivity contribution in [2.45, 2.75) is 0 Å². The van der Waals surface area contributed by atoms with Crippen LogP contribution in [0.15, 0.2) is 48.5 Å². The van der Waals surface area contributed by atoms with E-state index in [2.05, 4.69) is 4.98 Å². The average molecular weight is 241 g/mol. The predicted molar refractivity (Wildman–Crippen MR) is 70.2 cm³/mol. The number of aromatic nitrogens is 1. The van der Waals surface area contributed by atoms with Gasteiger partial charge in [-0.05, 0) is 36.4 Å². The maximum Gasteiger partial charge on any atom is 0.123 e. The molecule has 0 aliphatic rings. The molecule has 0 atom stereocenters. The van der Waals surface area contributed by atoms with Crippen molar-refractivity contribution >= 4 is 10.9 Å². The Balaban J connectivity index is 2.13. The van der Waals surface area contributed by atoms with Crippen LogP contribution in [-0.2, 0) is 0 Å². The second kappa shape index (κ2) is 4.18. The molecule has 0 spiro atoms. The quantitative estimate of drug-likeness (QED) is 0.721. The van der Waals surface area contributed by atoms with Gasteiger partial charge in [0.15, 0.2) is 0 Å². The van der Waals surface area contributed by atoms with Crippen LogP contribution >= 0.6 is 0 Å². The molecule has 1 heterocycles. The molecule has 90 valence electrons. The summed E-state index contributed by atoms with van der Waals surface area (Å²) >= 11 is 0. The summed E-state index contributed by atoms with van der Waals surface area (Å²) in [5, 5.41) is 1.05. The molecule has 0 unspecified atom stereocenters. The highest BCUT2D eigenvalue weighted by molar-refractivity contribution is 5.86. The minimum absolute atomic E-state index is 0.233. The van der Waals surface area contributed by atoms with Crippen molar-refractivity contribution in [2.75, 3.05) is 7.11 Å². The van der Waals surface area contributed by atoms with E-state index in [0.717, 1.165) is 27.9 Å². The van der Waals surface area contributed by atoms with Crippen LogP contribution in [0.5, 0.6) is 5.75 Å². The van der Waals surface area contributed by atoms with E-state index in [9.17, 15) is 4.39 Å². The second-order valence-electron chi connectivity index (χ2n) is 4.15. The maximum atomic E-state index is 13.2. The number of ether oxygens (including phenoxy) is 1. The fourth-order valence-corrected chi connectivity index (χ4v) is 2.05. The summed E-state index contributed by atoms with van der Waals surface area (Å²) < 4.78 is 18.4. The van der Waals surface area contributed by atoms with E-state index in [1.807, 2.05) is 30.3 Å². The normalized spacial score (nSPS) is 10.8. The monoisotopic (exact) mass is 241 g/mol. The summed E-state index contributed by atoms with van der Waals surface area (Å²) in [6.07, 6.45) is 0. The Bertz CT molecular complexity index is 703. The Kier molecular flexibility index (Phi) is 2.52. The predicted octanol–water partition coefficient (Wildman–Crippen LogP) is 3.98. The number of hydrogen-bond acceptors (Lipinski definition) is 1.